The van der Waals surface area contributed by atoms with Crippen molar-refractivity contribution >= 4 is 5.97 Å². The summed E-state index contributed by atoms with van der Waals surface area (Å²) in [7, 11) is 5.32. The molecule has 0 bridgehead atoms. The fourth-order valence-electron chi connectivity index (χ4n) is 0.913. The summed E-state index contributed by atoms with van der Waals surface area (Å²) in [4.78, 5) is 13.1. The molecule has 1 atom stereocenters. The SMILES string of the molecule is COC(=O)C(CN)CCN(C)C. The number of rotatable bonds is 5. The topological polar surface area (TPSA) is 55.6 Å². The molecule has 0 saturated carbocycles. The third-order valence-corrected chi connectivity index (χ3v) is 1.74. The van der Waals surface area contributed by atoms with Gasteiger partial charge in [0.2, 0.25) is 0 Å². The molecule has 0 radical (unpaired) electrons. The maximum absolute atomic E-state index is 11.0. The van der Waals surface area contributed by atoms with Crippen molar-refractivity contribution in [1.82, 2.24) is 4.90 Å². The van der Waals surface area contributed by atoms with E-state index in [1.165, 1.54) is 7.11 Å². The predicted molar refractivity (Wildman–Crippen MR) is 47.7 cm³/mol. The van der Waals surface area contributed by atoms with Gasteiger partial charge in [-0.15, -0.1) is 0 Å². The van der Waals surface area contributed by atoms with Gasteiger partial charge in [-0.3, -0.25) is 4.79 Å². The van der Waals surface area contributed by atoms with Crippen LogP contribution in [0.3, 0.4) is 0 Å². The number of nitrogens with zero attached hydrogens (tertiary/aromatic N) is 1. The van der Waals surface area contributed by atoms with Gasteiger partial charge in [-0.25, -0.2) is 0 Å². The summed E-state index contributed by atoms with van der Waals surface area (Å²) in [6, 6.07) is 0. The van der Waals surface area contributed by atoms with Crippen molar-refractivity contribution in [2.24, 2.45) is 11.7 Å². The van der Waals surface area contributed by atoms with Crippen LogP contribution < -0.4 is 5.73 Å². The van der Waals surface area contributed by atoms with Crippen LogP contribution in [0.1, 0.15) is 6.42 Å². The Morgan fingerprint density at radius 1 is 1.58 bits per heavy atom. The molecule has 0 aromatic rings. The zero-order chi connectivity index (χ0) is 9.56. The molecule has 0 amide bonds. The Hall–Kier alpha value is -0.610. The summed E-state index contributed by atoms with van der Waals surface area (Å²) in [5.74, 6) is -0.364. The van der Waals surface area contributed by atoms with Gasteiger partial charge in [0, 0.05) is 6.54 Å². The van der Waals surface area contributed by atoms with Crippen LogP contribution in [0.25, 0.3) is 0 Å². The fraction of sp³-hybridized carbons (Fsp3) is 0.875. The molecule has 0 heterocycles. The second-order valence-corrected chi connectivity index (χ2v) is 3.05. The van der Waals surface area contributed by atoms with Gasteiger partial charge in [-0.05, 0) is 27.1 Å². The quantitative estimate of drug-likeness (QED) is 0.581. The molecule has 0 fully saturated rings. The Morgan fingerprint density at radius 3 is 2.50 bits per heavy atom. The summed E-state index contributed by atoms with van der Waals surface area (Å²) in [6.45, 7) is 1.22. The smallest absolute Gasteiger partial charge is 0.309 e. The monoisotopic (exact) mass is 174 g/mol. The van der Waals surface area contributed by atoms with Crippen LogP contribution in [0.5, 0.6) is 0 Å². The second kappa shape index (κ2) is 5.97. The minimum atomic E-state index is -0.209. The molecular weight excluding hydrogens is 156 g/mol. The van der Waals surface area contributed by atoms with E-state index in [4.69, 9.17) is 5.73 Å². The first-order chi connectivity index (χ1) is 5.61. The molecule has 0 saturated heterocycles. The van der Waals surface area contributed by atoms with E-state index in [2.05, 4.69) is 4.74 Å². The lowest BCUT2D eigenvalue weighted by molar-refractivity contribution is -0.145. The third-order valence-electron chi connectivity index (χ3n) is 1.74. The molecule has 0 aromatic heterocycles. The minimum absolute atomic E-state index is 0.155. The van der Waals surface area contributed by atoms with E-state index >= 15 is 0 Å². The zero-order valence-electron chi connectivity index (χ0n) is 8.04. The maximum atomic E-state index is 11.0. The van der Waals surface area contributed by atoms with Crippen molar-refractivity contribution < 1.29 is 9.53 Å². The third kappa shape index (κ3) is 4.31. The van der Waals surface area contributed by atoms with Crippen molar-refractivity contribution in [3.05, 3.63) is 0 Å². The van der Waals surface area contributed by atoms with Crippen LogP contribution in [0.15, 0.2) is 0 Å². The summed E-state index contributed by atoms with van der Waals surface area (Å²) in [5, 5.41) is 0. The second-order valence-electron chi connectivity index (χ2n) is 3.05. The average molecular weight is 174 g/mol. The van der Waals surface area contributed by atoms with E-state index in [0.717, 1.165) is 13.0 Å². The van der Waals surface area contributed by atoms with Crippen LogP contribution in [0.2, 0.25) is 0 Å². The number of hydrogen-bond donors (Lipinski definition) is 1. The molecule has 0 aliphatic rings. The fourth-order valence-corrected chi connectivity index (χ4v) is 0.913. The molecule has 0 aromatic carbocycles. The molecule has 12 heavy (non-hydrogen) atoms. The summed E-state index contributed by atoms with van der Waals surface area (Å²) >= 11 is 0. The number of hydrogen-bond acceptors (Lipinski definition) is 4. The molecule has 0 aliphatic carbocycles. The Kier molecular flexibility index (Phi) is 5.66. The highest BCUT2D eigenvalue weighted by atomic mass is 16.5. The Labute approximate surface area is 73.7 Å². The van der Waals surface area contributed by atoms with Gasteiger partial charge in [0.15, 0.2) is 0 Å². The van der Waals surface area contributed by atoms with Crippen LogP contribution in [0.4, 0.5) is 0 Å². The number of carbonyl (C=O) groups is 1. The van der Waals surface area contributed by atoms with E-state index < -0.39 is 0 Å². The molecule has 72 valence electrons. The van der Waals surface area contributed by atoms with Gasteiger partial charge in [-0.2, -0.15) is 0 Å². The highest BCUT2D eigenvalue weighted by Gasteiger charge is 2.16. The molecule has 4 nitrogen and oxygen atoms in total. The zero-order valence-corrected chi connectivity index (χ0v) is 8.04. The van der Waals surface area contributed by atoms with Gasteiger partial charge < -0.3 is 15.4 Å². The van der Waals surface area contributed by atoms with Gasteiger partial charge in [0.05, 0.1) is 13.0 Å². The Morgan fingerprint density at radius 2 is 2.17 bits per heavy atom. The van der Waals surface area contributed by atoms with E-state index in [-0.39, 0.29) is 11.9 Å². The molecule has 2 N–H and O–H groups in total. The lowest BCUT2D eigenvalue weighted by Gasteiger charge is -2.15. The highest BCUT2D eigenvalue weighted by Crippen LogP contribution is 2.03. The summed E-state index contributed by atoms with van der Waals surface area (Å²) in [5.41, 5.74) is 5.42. The molecule has 0 spiro atoms. The first-order valence-corrected chi connectivity index (χ1v) is 4.04. The van der Waals surface area contributed by atoms with Crippen molar-refractivity contribution in [3.63, 3.8) is 0 Å². The van der Waals surface area contributed by atoms with Gasteiger partial charge in [-0.1, -0.05) is 0 Å². The number of nitrogens with two attached hydrogens (primary N) is 1. The van der Waals surface area contributed by atoms with Crippen LogP contribution >= 0.6 is 0 Å². The number of ether oxygens (including phenoxy) is 1. The molecule has 4 heteroatoms. The molecule has 0 rings (SSSR count). The number of esters is 1. The van der Waals surface area contributed by atoms with Crippen LogP contribution in [-0.2, 0) is 9.53 Å². The molecule has 0 aliphatic heterocycles. The van der Waals surface area contributed by atoms with Crippen molar-refractivity contribution in [2.45, 2.75) is 6.42 Å². The lowest BCUT2D eigenvalue weighted by atomic mass is 10.1. The highest BCUT2D eigenvalue weighted by molar-refractivity contribution is 5.72. The molecule has 1 unspecified atom stereocenters. The van der Waals surface area contributed by atoms with Gasteiger partial charge in [0.25, 0.3) is 0 Å². The lowest BCUT2D eigenvalue weighted by Crippen LogP contribution is -2.28. The van der Waals surface area contributed by atoms with E-state index in [9.17, 15) is 4.79 Å². The largest absolute Gasteiger partial charge is 0.469 e. The maximum Gasteiger partial charge on any atom is 0.309 e. The summed E-state index contributed by atoms with van der Waals surface area (Å²) < 4.78 is 4.60. The van der Waals surface area contributed by atoms with E-state index in [0.29, 0.717) is 6.54 Å². The van der Waals surface area contributed by atoms with Crippen molar-refractivity contribution in [3.8, 4) is 0 Å². The van der Waals surface area contributed by atoms with E-state index in [1.54, 1.807) is 0 Å². The number of methoxy groups -OCH3 is 1. The van der Waals surface area contributed by atoms with Crippen LogP contribution in [0, 0.1) is 5.92 Å². The van der Waals surface area contributed by atoms with Crippen molar-refractivity contribution in [2.75, 3.05) is 34.3 Å². The van der Waals surface area contributed by atoms with Gasteiger partial charge >= 0.3 is 5.97 Å². The van der Waals surface area contributed by atoms with Gasteiger partial charge in [0.1, 0.15) is 0 Å². The van der Waals surface area contributed by atoms with E-state index in [1.807, 2.05) is 19.0 Å². The first kappa shape index (κ1) is 11.4. The van der Waals surface area contributed by atoms with Crippen LogP contribution in [-0.4, -0.2) is 45.2 Å². The number of carbonyl (C=O) groups excluding carboxylic acids is 1. The standard InChI is InChI=1S/C8H18N2O2/c1-10(2)5-4-7(6-9)8(11)12-3/h7H,4-6,9H2,1-3H3. The molecular formula is C8H18N2O2. The average Bonchev–Trinajstić information content (AvgIpc) is 2.04. The summed E-state index contributed by atoms with van der Waals surface area (Å²) in [6.07, 6.45) is 0.760. The normalized spacial score (nSPS) is 13.1. The minimum Gasteiger partial charge on any atom is -0.469 e. The predicted octanol–water partition coefficient (Wildman–Crippen LogP) is -0.314. The Balaban J connectivity index is 3.75. The first-order valence-electron chi connectivity index (χ1n) is 4.04. The van der Waals surface area contributed by atoms with Crippen molar-refractivity contribution in [1.29, 1.82) is 0 Å². The Bertz CT molecular complexity index is 137.